The number of hydrogen-bond acceptors (Lipinski definition) is 1. The zero-order chi connectivity index (χ0) is 8.48. The first-order valence-electron chi connectivity index (χ1n) is 4.12. The fourth-order valence-corrected chi connectivity index (χ4v) is 1.16. The summed E-state index contributed by atoms with van der Waals surface area (Å²) < 4.78 is 0. The van der Waals surface area contributed by atoms with Crippen molar-refractivity contribution in [3.8, 4) is 0 Å². The molecule has 0 fully saturated rings. The molecule has 11 heavy (non-hydrogen) atoms. The highest BCUT2D eigenvalue weighted by Crippen LogP contribution is 2.17. The van der Waals surface area contributed by atoms with Gasteiger partial charge in [0.25, 0.3) is 0 Å². The van der Waals surface area contributed by atoms with Crippen LogP contribution in [-0.2, 0) is 0 Å². The van der Waals surface area contributed by atoms with Gasteiger partial charge in [-0.05, 0) is 33.3 Å². The lowest BCUT2D eigenvalue weighted by molar-refractivity contribution is 0.223. The number of allylic oxidation sites excluding steroid dienone is 2. The van der Waals surface area contributed by atoms with Gasteiger partial charge in [0.05, 0.1) is 0 Å². The fourth-order valence-electron chi connectivity index (χ4n) is 1.16. The lowest BCUT2D eigenvalue weighted by atomic mass is 10.0. The molecule has 1 rings (SSSR count). The summed E-state index contributed by atoms with van der Waals surface area (Å²) in [5, 5.41) is 0. The molecule has 0 unspecified atom stereocenters. The molecule has 1 aliphatic heterocycles. The highest BCUT2D eigenvalue weighted by molar-refractivity contribution is 5.20. The van der Waals surface area contributed by atoms with Gasteiger partial charge in [-0.3, -0.25) is 0 Å². The van der Waals surface area contributed by atoms with Crippen molar-refractivity contribution < 1.29 is 0 Å². The fraction of sp³-hybridized carbons (Fsp3) is 0.600. The van der Waals surface area contributed by atoms with Gasteiger partial charge in [-0.15, -0.1) is 0 Å². The monoisotopic (exact) mass is 151 g/mol. The zero-order valence-corrected chi connectivity index (χ0v) is 7.89. The molecular formula is C10H17N. The standard InChI is InChI=1S/C10H17N/c1-9-6-5-7-11(8-9)10(2,3)4/h5-6,8H,7H2,1-4H3. The molecule has 0 aromatic carbocycles. The largest absolute Gasteiger partial charge is 0.369 e. The van der Waals surface area contributed by atoms with Crippen LogP contribution in [0.2, 0.25) is 0 Å². The van der Waals surface area contributed by atoms with Crippen molar-refractivity contribution in [2.24, 2.45) is 0 Å². The normalized spacial score (nSPS) is 18.5. The van der Waals surface area contributed by atoms with Gasteiger partial charge in [0.15, 0.2) is 0 Å². The van der Waals surface area contributed by atoms with Crippen LogP contribution in [0.4, 0.5) is 0 Å². The highest BCUT2D eigenvalue weighted by atomic mass is 15.2. The van der Waals surface area contributed by atoms with Gasteiger partial charge in [0, 0.05) is 18.3 Å². The molecule has 1 heteroatoms. The second-order valence-corrected chi connectivity index (χ2v) is 4.10. The average molecular weight is 151 g/mol. The van der Waals surface area contributed by atoms with Crippen LogP contribution in [0.1, 0.15) is 27.7 Å². The third-order valence-corrected chi connectivity index (χ3v) is 1.90. The Hall–Kier alpha value is -0.720. The van der Waals surface area contributed by atoms with E-state index in [0.717, 1.165) is 6.54 Å². The maximum atomic E-state index is 2.35. The van der Waals surface area contributed by atoms with E-state index < -0.39 is 0 Å². The first-order chi connectivity index (χ1) is 5.00. The minimum Gasteiger partial charge on any atom is -0.369 e. The molecule has 0 saturated heterocycles. The Morgan fingerprint density at radius 1 is 1.36 bits per heavy atom. The average Bonchev–Trinajstić information content (AvgIpc) is 1.86. The van der Waals surface area contributed by atoms with E-state index in [1.807, 2.05) is 0 Å². The number of rotatable bonds is 0. The van der Waals surface area contributed by atoms with E-state index in [-0.39, 0.29) is 5.54 Å². The van der Waals surface area contributed by atoms with Crippen molar-refractivity contribution in [3.63, 3.8) is 0 Å². The molecular weight excluding hydrogens is 134 g/mol. The van der Waals surface area contributed by atoms with Crippen LogP contribution in [0.15, 0.2) is 23.9 Å². The minimum absolute atomic E-state index is 0.256. The quantitative estimate of drug-likeness (QED) is 0.514. The SMILES string of the molecule is CC1=CN(C(C)(C)C)CC=C1. The van der Waals surface area contributed by atoms with Crippen LogP contribution in [0.25, 0.3) is 0 Å². The molecule has 0 amide bonds. The lowest BCUT2D eigenvalue weighted by Crippen LogP contribution is -2.38. The molecule has 0 N–H and O–H groups in total. The van der Waals surface area contributed by atoms with Gasteiger partial charge in [0.1, 0.15) is 0 Å². The van der Waals surface area contributed by atoms with E-state index in [9.17, 15) is 0 Å². The van der Waals surface area contributed by atoms with Gasteiger partial charge in [-0.25, -0.2) is 0 Å². The molecule has 0 saturated carbocycles. The van der Waals surface area contributed by atoms with E-state index in [1.165, 1.54) is 5.57 Å². The van der Waals surface area contributed by atoms with E-state index in [4.69, 9.17) is 0 Å². The zero-order valence-electron chi connectivity index (χ0n) is 7.89. The Morgan fingerprint density at radius 2 is 2.00 bits per heavy atom. The summed E-state index contributed by atoms with van der Waals surface area (Å²) in [6, 6.07) is 0. The Balaban J connectivity index is 2.71. The van der Waals surface area contributed by atoms with Crippen molar-refractivity contribution in [2.45, 2.75) is 33.2 Å². The van der Waals surface area contributed by atoms with Gasteiger partial charge in [-0.2, -0.15) is 0 Å². The molecule has 0 aromatic rings. The Morgan fingerprint density at radius 3 is 2.36 bits per heavy atom. The first-order valence-corrected chi connectivity index (χ1v) is 4.12. The van der Waals surface area contributed by atoms with Crippen molar-refractivity contribution in [1.82, 2.24) is 4.90 Å². The third kappa shape index (κ3) is 2.11. The Kier molecular flexibility index (Phi) is 2.08. The summed E-state index contributed by atoms with van der Waals surface area (Å²) in [6.45, 7) is 9.87. The molecule has 62 valence electrons. The van der Waals surface area contributed by atoms with Crippen LogP contribution in [-0.4, -0.2) is 17.0 Å². The Bertz CT molecular complexity index is 193. The first kappa shape index (κ1) is 8.38. The van der Waals surface area contributed by atoms with Crippen LogP contribution < -0.4 is 0 Å². The van der Waals surface area contributed by atoms with E-state index in [2.05, 4.69) is 50.9 Å². The molecule has 0 bridgehead atoms. The van der Waals surface area contributed by atoms with Crippen molar-refractivity contribution in [1.29, 1.82) is 0 Å². The number of nitrogens with zero attached hydrogens (tertiary/aromatic N) is 1. The van der Waals surface area contributed by atoms with Crippen molar-refractivity contribution in [3.05, 3.63) is 23.9 Å². The summed E-state index contributed by atoms with van der Waals surface area (Å²) in [4.78, 5) is 2.35. The molecule has 1 nitrogen and oxygen atoms in total. The van der Waals surface area contributed by atoms with Crippen molar-refractivity contribution >= 4 is 0 Å². The van der Waals surface area contributed by atoms with Gasteiger partial charge in [-0.1, -0.05) is 12.2 Å². The minimum atomic E-state index is 0.256. The number of hydrogen-bond donors (Lipinski definition) is 0. The van der Waals surface area contributed by atoms with Gasteiger partial charge >= 0.3 is 0 Å². The molecule has 1 heterocycles. The van der Waals surface area contributed by atoms with E-state index in [0.29, 0.717) is 0 Å². The van der Waals surface area contributed by atoms with Crippen LogP contribution in [0.5, 0.6) is 0 Å². The van der Waals surface area contributed by atoms with Crippen LogP contribution in [0, 0.1) is 0 Å². The third-order valence-electron chi connectivity index (χ3n) is 1.90. The topological polar surface area (TPSA) is 3.24 Å². The summed E-state index contributed by atoms with van der Waals surface area (Å²) in [6.07, 6.45) is 6.60. The van der Waals surface area contributed by atoms with Crippen LogP contribution >= 0.6 is 0 Å². The van der Waals surface area contributed by atoms with Gasteiger partial charge < -0.3 is 4.90 Å². The molecule has 0 spiro atoms. The second kappa shape index (κ2) is 2.72. The lowest BCUT2D eigenvalue weighted by Gasteiger charge is -2.35. The van der Waals surface area contributed by atoms with Gasteiger partial charge in [0.2, 0.25) is 0 Å². The van der Waals surface area contributed by atoms with E-state index >= 15 is 0 Å². The summed E-state index contributed by atoms with van der Waals surface area (Å²) >= 11 is 0. The Labute approximate surface area is 69.4 Å². The summed E-state index contributed by atoms with van der Waals surface area (Å²) in [5.41, 5.74) is 1.60. The summed E-state index contributed by atoms with van der Waals surface area (Å²) in [7, 11) is 0. The second-order valence-electron chi connectivity index (χ2n) is 4.10. The maximum absolute atomic E-state index is 2.35. The molecule has 0 aliphatic carbocycles. The molecule has 1 aliphatic rings. The summed E-state index contributed by atoms with van der Waals surface area (Å²) in [5.74, 6) is 0. The van der Waals surface area contributed by atoms with Crippen LogP contribution in [0.3, 0.4) is 0 Å². The maximum Gasteiger partial charge on any atom is 0.0362 e. The van der Waals surface area contributed by atoms with E-state index in [1.54, 1.807) is 0 Å². The molecule has 0 atom stereocenters. The molecule has 0 radical (unpaired) electrons. The van der Waals surface area contributed by atoms with Crippen molar-refractivity contribution in [2.75, 3.05) is 6.54 Å². The predicted octanol–water partition coefficient (Wildman–Crippen LogP) is 2.56. The predicted molar refractivity (Wildman–Crippen MR) is 49.4 cm³/mol. The molecule has 0 aromatic heterocycles. The smallest absolute Gasteiger partial charge is 0.0362 e. The highest BCUT2D eigenvalue weighted by Gasteiger charge is 2.17.